The third-order valence-electron chi connectivity index (χ3n) is 3.01. The quantitative estimate of drug-likeness (QED) is 0.577. The lowest BCUT2D eigenvalue weighted by Crippen LogP contribution is -2.19. The van der Waals surface area contributed by atoms with Gasteiger partial charge >= 0.3 is 0 Å². The van der Waals surface area contributed by atoms with E-state index in [4.69, 9.17) is 0 Å². The molecule has 2 rings (SSSR count). The van der Waals surface area contributed by atoms with Crippen LogP contribution in [-0.2, 0) is 11.2 Å². The Balaban J connectivity index is 1.97. The molecule has 0 saturated carbocycles. The second kappa shape index (κ2) is 7.09. The first-order valence-electron chi connectivity index (χ1n) is 6.54. The highest BCUT2D eigenvalue weighted by molar-refractivity contribution is 9.10. The third-order valence-corrected chi connectivity index (χ3v) is 3.54. The van der Waals surface area contributed by atoms with Gasteiger partial charge in [0.25, 0.3) is 0 Å². The molecule has 5 nitrogen and oxygen atoms in total. The highest BCUT2D eigenvalue weighted by Crippen LogP contribution is 2.24. The molecule has 0 heterocycles. The van der Waals surface area contributed by atoms with Crippen molar-refractivity contribution in [3.8, 4) is 11.5 Å². The van der Waals surface area contributed by atoms with Gasteiger partial charge in [0.05, 0.1) is 12.6 Å². The zero-order valence-electron chi connectivity index (χ0n) is 11.9. The summed E-state index contributed by atoms with van der Waals surface area (Å²) in [6.45, 7) is 1.73. The number of carbonyl (C=O) groups is 1. The maximum Gasteiger partial charge on any atom is 0.244 e. The number of rotatable bonds is 4. The second-order valence-electron chi connectivity index (χ2n) is 4.79. The molecule has 0 aliphatic carbocycles. The van der Waals surface area contributed by atoms with Crippen molar-refractivity contribution in [1.82, 2.24) is 5.43 Å². The van der Waals surface area contributed by atoms with E-state index in [0.717, 1.165) is 10.0 Å². The van der Waals surface area contributed by atoms with Crippen LogP contribution in [0.15, 0.2) is 46.0 Å². The average Bonchev–Trinajstić information content (AvgIpc) is 2.44. The van der Waals surface area contributed by atoms with E-state index in [1.165, 1.54) is 18.3 Å². The molecule has 22 heavy (non-hydrogen) atoms. The van der Waals surface area contributed by atoms with Crippen LogP contribution in [0.4, 0.5) is 0 Å². The molecule has 0 atom stereocenters. The molecule has 0 fully saturated rings. The molecule has 0 bridgehead atoms. The highest BCUT2D eigenvalue weighted by Gasteiger charge is 2.06. The number of phenolic OH excluding ortho intramolecular Hbond substituents is 2. The van der Waals surface area contributed by atoms with E-state index in [1.54, 1.807) is 6.92 Å². The molecule has 0 aromatic heterocycles. The summed E-state index contributed by atoms with van der Waals surface area (Å²) in [5.74, 6) is -0.371. The summed E-state index contributed by atoms with van der Waals surface area (Å²) in [6, 6.07) is 10.2. The molecule has 2 aromatic rings. The Morgan fingerprint density at radius 1 is 1.27 bits per heavy atom. The van der Waals surface area contributed by atoms with Gasteiger partial charge in [0.15, 0.2) is 0 Å². The first-order chi connectivity index (χ1) is 10.5. The summed E-state index contributed by atoms with van der Waals surface area (Å²) >= 11 is 3.33. The minimum absolute atomic E-state index is 0.0218. The first-order valence-corrected chi connectivity index (χ1v) is 7.34. The van der Waals surface area contributed by atoms with Crippen LogP contribution in [0.3, 0.4) is 0 Å². The van der Waals surface area contributed by atoms with Crippen molar-refractivity contribution in [2.45, 2.75) is 13.3 Å². The number of halogens is 1. The fourth-order valence-corrected chi connectivity index (χ4v) is 2.19. The van der Waals surface area contributed by atoms with Crippen LogP contribution in [0.1, 0.15) is 16.7 Å². The number of nitrogens with one attached hydrogen (secondary N) is 1. The second-order valence-corrected chi connectivity index (χ2v) is 5.71. The van der Waals surface area contributed by atoms with Crippen molar-refractivity contribution >= 4 is 28.1 Å². The number of hydrogen-bond donors (Lipinski definition) is 3. The Bertz CT molecular complexity index is 689. The van der Waals surface area contributed by atoms with Gasteiger partial charge in [-0.1, -0.05) is 28.1 Å². The van der Waals surface area contributed by atoms with Crippen LogP contribution < -0.4 is 5.43 Å². The lowest BCUT2D eigenvalue weighted by molar-refractivity contribution is -0.120. The minimum Gasteiger partial charge on any atom is -0.508 e. The summed E-state index contributed by atoms with van der Waals surface area (Å²) in [4.78, 5) is 11.8. The largest absolute Gasteiger partial charge is 0.508 e. The Kier molecular flexibility index (Phi) is 5.16. The summed E-state index contributed by atoms with van der Waals surface area (Å²) in [7, 11) is 0. The number of carbonyl (C=O) groups excluding carboxylic acids is 1. The lowest BCUT2D eigenvalue weighted by atomic mass is 10.1. The molecule has 0 saturated heterocycles. The van der Waals surface area contributed by atoms with Gasteiger partial charge in [-0.05, 0) is 36.2 Å². The first kappa shape index (κ1) is 16.0. The van der Waals surface area contributed by atoms with Crippen molar-refractivity contribution in [3.63, 3.8) is 0 Å². The molecular weight excluding hydrogens is 348 g/mol. The number of hydrazone groups is 1. The van der Waals surface area contributed by atoms with E-state index < -0.39 is 0 Å². The van der Waals surface area contributed by atoms with Gasteiger partial charge in [-0.3, -0.25) is 4.79 Å². The molecule has 2 aromatic carbocycles. The minimum atomic E-state index is -0.255. The van der Waals surface area contributed by atoms with E-state index in [1.807, 2.05) is 24.3 Å². The predicted octanol–water partition coefficient (Wildman–Crippen LogP) is 2.86. The van der Waals surface area contributed by atoms with Gasteiger partial charge in [-0.25, -0.2) is 5.43 Å². The van der Waals surface area contributed by atoms with Gasteiger partial charge in [-0.15, -0.1) is 0 Å². The van der Waals surface area contributed by atoms with Crippen LogP contribution in [0.5, 0.6) is 11.5 Å². The number of aromatic hydroxyl groups is 2. The summed E-state index contributed by atoms with van der Waals surface area (Å²) in [6.07, 6.45) is 1.56. The van der Waals surface area contributed by atoms with Gasteiger partial charge < -0.3 is 10.2 Å². The molecule has 1 amide bonds. The molecule has 0 aliphatic rings. The lowest BCUT2D eigenvalue weighted by Gasteiger charge is -2.05. The molecule has 0 radical (unpaired) electrons. The fourth-order valence-electron chi connectivity index (χ4n) is 1.93. The van der Waals surface area contributed by atoms with E-state index >= 15 is 0 Å². The highest BCUT2D eigenvalue weighted by atomic mass is 79.9. The average molecular weight is 363 g/mol. The van der Waals surface area contributed by atoms with Crippen LogP contribution in [-0.4, -0.2) is 22.3 Å². The molecule has 0 unspecified atom stereocenters. The molecule has 0 spiro atoms. The number of phenols is 2. The fraction of sp³-hybridized carbons (Fsp3) is 0.125. The van der Waals surface area contributed by atoms with Crippen LogP contribution in [0.2, 0.25) is 0 Å². The van der Waals surface area contributed by atoms with Crippen molar-refractivity contribution in [3.05, 3.63) is 57.6 Å². The Labute approximate surface area is 136 Å². The standard InChI is InChI=1S/C16H15BrN2O3/c1-10-6-13(20)8-15(21)14(10)9-18-19-16(22)7-11-2-4-12(17)5-3-11/h2-6,8-9,20-21H,7H2,1H3,(H,19,22)/b18-9-. The van der Waals surface area contributed by atoms with Crippen LogP contribution in [0, 0.1) is 6.92 Å². The molecule has 114 valence electrons. The number of benzene rings is 2. The predicted molar refractivity (Wildman–Crippen MR) is 88.1 cm³/mol. The van der Waals surface area contributed by atoms with Crippen LogP contribution in [0.25, 0.3) is 0 Å². The van der Waals surface area contributed by atoms with Crippen molar-refractivity contribution in [2.24, 2.45) is 5.10 Å². The smallest absolute Gasteiger partial charge is 0.244 e. The maximum absolute atomic E-state index is 11.8. The Hall–Kier alpha value is -2.34. The van der Waals surface area contributed by atoms with Gasteiger partial charge in [0.2, 0.25) is 5.91 Å². The van der Waals surface area contributed by atoms with Crippen molar-refractivity contribution in [1.29, 1.82) is 0 Å². The maximum atomic E-state index is 11.8. The van der Waals surface area contributed by atoms with Gasteiger partial charge in [0.1, 0.15) is 11.5 Å². The number of nitrogens with zero attached hydrogens (tertiary/aromatic N) is 1. The number of aryl methyl sites for hydroxylation is 1. The topological polar surface area (TPSA) is 81.9 Å². The molecular formula is C16H15BrN2O3. The van der Waals surface area contributed by atoms with Gasteiger partial charge in [0, 0.05) is 16.1 Å². The normalized spacial score (nSPS) is 10.8. The molecule has 0 aliphatic heterocycles. The zero-order valence-corrected chi connectivity index (χ0v) is 13.5. The Morgan fingerprint density at radius 3 is 2.59 bits per heavy atom. The number of amides is 1. The zero-order chi connectivity index (χ0) is 16.1. The summed E-state index contributed by atoms with van der Waals surface area (Å²) < 4.78 is 0.952. The Morgan fingerprint density at radius 2 is 1.95 bits per heavy atom. The summed E-state index contributed by atoms with van der Waals surface area (Å²) in [5, 5.41) is 22.9. The monoisotopic (exact) mass is 362 g/mol. The van der Waals surface area contributed by atoms with Crippen molar-refractivity contribution in [2.75, 3.05) is 0 Å². The van der Waals surface area contributed by atoms with E-state index in [0.29, 0.717) is 11.1 Å². The van der Waals surface area contributed by atoms with Crippen LogP contribution >= 0.6 is 15.9 Å². The molecule has 6 heteroatoms. The summed E-state index contributed by atoms with van der Waals surface area (Å²) in [5.41, 5.74) is 4.39. The SMILES string of the molecule is Cc1cc(O)cc(O)c1/C=N\NC(=O)Cc1ccc(Br)cc1. The van der Waals surface area contributed by atoms with E-state index in [2.05, 4.69) is 26.5 Å². The molecule has 3 N–H and O–H groups in total. The number of hydrogen-bond acceptors (Lipinski definition) is 4. The van der Waals surface area contributed by atoms with Gasteiger partial charge in [-0.2, -0.15) is 5.10 Å². The van der Waals surface area contributed by atoms with Crippen molar-refractivity contribution < 1.29 is 15.0 Å². The van der Waals surface area contributed by atoms with E-state index in [-0.39, 0.29) is 23.8 Å². The third kappa shape index (κ3) is 4.33. The van der Waals surface area contributed by atoms with E-state index in [9.17, 15) is 15.0 Å².